The number of anilines is 1. The number of carbonyl (C=O) groups excluding carboxylic acids is 5. The van der Waals surface area contributed by atoms with Gasteiger partial charge in [-0.1, -0.05) is 77.9 Å². The van der Waals surface area contributed by atoms with Crippen LogP contribution in [-0.4, -0.2) is 70.8 Å². The van der Waals surface area contributed by atoms with E-state index in [0.717, 1.165) is 90.9 Å². The largest absolute Gasteiger partial charge is 0.508 e. The van der Waals surface area contributed by atoms with Gasteiger partial charge in [0.05, 0.1) is 20.0 Å². The van der Waals surface area contributed by atoms with E-state index in [-0.39, 0.29) is 64.3 Å². The molecule has 0 bridgehead atoms. The molecule has 494 valence electrons. The number of aryl methyl sites for hydroxylation is 4. The van der Waals surface area contributed by atoms with Crippen molar-refractivity contribution in [3.8, 4) is 106 Å². The van der Waals surface area contributed by atoms with Gasteiger partial charge in [-0.15, -0.1) is 56.7 Å². The van der Waals surface area contributed by atoms with Gasteiger partial charge in [-0.25, -0.2) is 9.97 Å². The van der Waals surface area contributed by atoms with E-state index in [9.17, 15) is 49.5 Å². The van der Waals surface area contributed by atoms with Gasteiger partial charge in [-0.3, -0.25) is 24.0 Å². The van der Waals surface area contributed by atoms with Crippen molar-refractivity contribution in [3.05, 3.63) is 253 Å². The molecule has 9 aromatic carbocycles. The Morgan fingerprint density at radius 3 is 1.22 bits per heavy atom. The number of aromatic hydroxyl groups is 5. The molecule has 0 radical (unpaired) electrons. The Labute approximate surface area is 589 Å². The molecule has 15 rings (SSSR count). The van der Waals surface area contributed by atoms with Gasteiger partial charge in [0.1, 0.15) is 44.6 Å². The Morgan fingerprint density at radius 1 is 0.420 bits per heavy atom. The minimum absolute atomic E-state index is 0.00994. The van der Waals surface area contributed by atoms with Gasteiger partial charge in [0, 0.05) is 85.7 Å². The lowest BCUT2D eigenvalue weighted by molar-refractivity contribution is -0.121. The molecule has 6 heterocycles. The quantitative estimate of drug-likeness (QED) is 0.0387. The summed E-state index contributed by atoms with van der Waals surface area (Å²) in [6.45, 7) is 8.18. The Morgan fingerprint density at radius 2 is 0.800 bits per heavy atom. The van der Waals surface area contributed by atoms with Crippen LogP contribution in [0.5, 0.6) is 40.5 Å². The maximum Gasteiger partial charge on any atom is 0.299 e. The number of fused-ring (bicyclic) bond motifs is 3. The van der Waals surface area contributed by atoms with E-state index in [0.29, 0.717) is 71.2 Å². The zero-order valence-corrected chi connectivity index (χ0v) is 57.3. The number of nitrogens with zero attached hydrogens (tertiary/aromatic N) is 3. The van der Waals surface area contributed by atoms with Crippen molar-refractivity contribution in [2.45, 2.75) is 27.7 Å². The molecule has 0 saturated carbocycles. The lowest BCUT2D eigenvalue weighted by atomic mass is 9.96. The molecule has 22 heteroatoms. The molecule has 0 aliphatic carbocycles. The Balaban J connectivity index is 0.000000134. The van der Waals surface area contributed by atoms with Crippen LogP contribution in [0.25, 0.3) is 96.2 Å². The van der Waals surface area contributed by atoms with E-state index in [1.54, 1.807) is 98.1 Å². The first-order chi connectivity index (χ1) is 48.3. The van der Waals surface area contributed by atoms with Crippen LogP contribution in [-0.2, 0) is 9.59 Å². The van der Waals surface area contributed by atoms with Crippen LogP contribution < -0.4 is 15.2 Å². The number of ether oxygens (including phenoxy) is 2. The van der Waals surface area contributed by atoms with Crippen LogP contribution in [0.15, 0.2) is 203 Å². The van der Waals surface area contributed by atoms with Crippen molar-refractivity contribution in [2.75, 3.05) is 5.73 Å². The van der Waals surface area contributed by atoms with Crippen molar-refractivity contribution >= 4 is 123 Å². The van der Waals surface area contributed by atoms with Gasteiger partial charge in [-0.05, 0) is 171 Å². The third-order valence-corrected chi connectivity index (χ3v) is 21.4. The highest BCUT2D eigenvalue weighted by Crippen LogP contribution is 2.46. The van der Waals surface area contributed by atoms with E-state index >= 15 is 0 Å². The van der Waals surface area contributed by atoms with Crippen molar-refractivity contribution in [2.24, 2.45) is 0 Å². The second-order valence-corrected chi connectivity index (χ2v) is 27.9. The first-order valence-electron chi connectivity index (χ1n) is 30.5. The average Bonchev–Trinajstić information content (AvgIpc) is 1.62. The number of ketones is 3. The minimum Gasteiger partial charge on any atom is -0.508 e. The van der Waals surface area contributed by atoms with Gasteiger partial charge >= 0.3 is 0 Å². The van der Waals surface area contributed by atoms with Crippen LogP contribution in [0.2, 0.25) is 0 Å². The fraction of sp³-hybridized carbons (Fsp3) is 0.0513. The van der Waals surface area contributed by atoms with E-state index < -0.39 is 0 Å². The summed E-state index contributed by atoms with van der Waals surface area (Å²) in [7, 11) is 0. The van der Waals surface area contributed by atoms with E-state index in [1.807, 2.05) is 104 Å². The maximum atomic E-state index is 13.6. The van der Waals surface area contributed by atoms with Crippen molar-refractivity contribution in [1.29, 1.82) is 0 Å². The zero-order valence-electron chi connectivity index (χ0n) is 53.2. The maximum absolute atomic E-state index is 13.6. The molecule has 0 aliphatic heterocycles. The topological polar surface area (TPSA) is 283 Å². The van der Waals surface area contributed by atoms with Gasteiger partial charge in [0.15, 0.2) is 6.26 Å². The number of hydrogen-bond donors (Lipinski definition) is 6. The van der Waals surface area contributed by atoms with Gasteiger partial charge < -0.3 is 45.2 Å². The third kappa shape index (κ3) is 13.9. The number of aromatic nitrogens is 3. The van der Waals surface area contributed by atoms with Gasteiger partial charge in [0.25, 0.3) is 18.8 Å². The molecule has 100 heavy (non-hydrogen) atoms. The normalized spacial score (nSPS) is 11.0. The van der Waals surface area contributed by atoms with E-state index in [1.165, 1.54) is 75.1 Å². The average molecular weight is 1420 g/mol. The number of thiophene rings is 3. The number of thiazole rings is 2. The second-order valence-electron chi connectivity index (χ2n) is 23.0. The predicted molar refractivity (Wildman–Crippen MR) is 394 cm³/mol. The molecule has 0 spiro atoms. The van der Waals surface area contributed by atoms with Crippen LogP contribution in [0.1, 0.15) is 68.0 Å². The predicted octanol–water partition coefficient (Wildman–Crippen LogP) is 18.7. The standard InChI is InChI=1S/C26H20N2O2S2.C26H17NO6S.C26H17NO5S2/c1-14-9-15(2)11-18(10-14)24(30)25-23(20-8-7-19(29)12-21(20)32-25)16-3-5-17(6-4-16)26-28-22(27)13-31-26;1-14-10-17(29)6-8-19(14)24(31)25-23(20-9-7-18(30)11-21(20)34-25)15-2-4-16(5-3-15)26-27-22(12-32-26)33-13-28;1-14-10-17(29)6-8-19(14)24(31)25-23(20-9-7-18(30)11-21(20)34-25)15-2-4-16(5-3-15)26-27-22(12-33-26)32-13-28/h3-13,29H,27H2,1-2H3;2*2-13,29-30H,1H3. The summed E-state index contributed by atoms with van der Waals surface area (Å²) in [6.07, 6.45) is 1.24. The summed E-state index contributed by atoms with van der Waals surface area (Å²) < 4.78 is 17.3. The fourth-order valence-corrected chi connectivity index (χ4v) is 16.7. The van der Waals surface area contributed by atoms with Crippen LogP contribution >= 0.6 is 56.7 Å². The number of phenols is 5. The highest BCUT2D eigenvalue weighted by atomic mass is 32.1. The smallest absolute Gasteiger partial charge is 0.299 e. The van der Waals surface area contributed by atoms with Crippen molar-refractivity contribution < 1.29 is 63.4 Å². The fourth-order valence-electron chi connectivity index (χ4n) is 11.6. The Kier molecular flexibility index (Phi) is 18.9. The molecular formula is C78H54N4O13S5. The molecule has 6 aromatic heterocycles. The molecule has 15 aromatic rings. The van der Waals surface area contributed by atoms with E-state index in [2.05, 4.69) is 21.0 Å². The summed E-state index contributed by atoms with van der Waals surface area (Å²) in [5, 5.41) is 57.2. The summed E-state index contributed by atoms with van der Waals surface area (Å²) in [5.41, 5.74) is 18.4. The summed E-state index contributed by atoms with van der Waals surface area (Å²) in [6, 6.07) is 53.6. The number of phenolic OH excluding ortho intramolecular Hbond substituents is 5. The Hall–Kier alpha value is -11.9. The molecule has 0 fully saturated rings. The summed E-state index contributed by atoms with van der Waals surface area (Å²) >= 11 is 6.91. The lowest BCUT2D eigenvalue weighted by Gasteiger charge is -2.08. The number of carbonyl (C=O) groups is 5. The molecule has 17 nitrogen and oxygen atoms in total. The van der Waals surface area contributed by atoms with Crippen molar-refractivity contribution in [1.82, 2.24) is 15.0 Å². The number of oxazole rings is 1. The van der Waals surface area contributed by atoms with Gasteiger partial charge in [-0.2, -0.15) is 4.98 Å². The molecule has 7 N–H and O–H groups in total. The highest BCUT2D eigenvalue weighted by Gasteiger charge is 2.27. The molecule has 0 atom stereocenters. The number of nitrogen functional groups attached to an aromatic ring is 1. The number of benzene rings is 9. The first kappa shape index (κ1) is 66.7. The lowest BCUT2D eigenvalue weighted by Crippen LogP contribution is -2.03. The minimum atomic E-state index is -0.166. The molecule has 0 amide bonds. The Bertz CT molecular complexity index is 5430. The van der Waals surface area contributed by atoms with Crippen molar-refractivity contribution in [3.63, 3.8) is 0 Å². The molecule has 0 saturated heterocycles. The monoisotopic (exact) mass is 1410 g/mol. The van der Waals surface area contributed by atoms with Crippen LogP contribution in [0.4, 0.5) is 5.82 Å². The molecule has 0 aliphatic rings. The van der Waals surface area contributed by atoms with E-state index in [4.69, 9.17) is 19.6 Å². The second kappa shape index (κ2) is 28.3. The number of rotatable bonds is 16. The van der Waals surface area contributed by atoms with Gasteiger partial charge in [0.2, 0.25) is 29.1 Å². The summed E-state index contributed by atoms with van der Waals surface area (Å²) in [5.74, 6) is 1.44. The number of nitrogens with two attached hydrogens (primary N) is 1. The third-order valence-electron chi connectivity index (χ3n) is 16.1. The van der Waals surface area contributed by atoms with Crippen LogP contribution in [0.3, 0.4) is 0 Å². The first-order valence-corrected chi connectivity index (χ1v) is 34.7. The van der Waals surface area contributed by atoms with Crippen LogP contribution in [0, 0.1) is 27.7 Å². The number of hydrogen-bond acceptors (Lipinski definition) is 22. The SMILES string of the molecule is Cc1cc(C)cc(C(=O)c2sc3cc(O)ccc3c2-c2ccc(-c3nc(N)cs3)cc2)c1.Cc1cc(O)ccc1C(=O)c1sc2cc(O)ccc2c1-c1ccc(-c2nc(OC=O)co2)cc1.Cc1cc(O)ccc1C(=O)c1sc2cc(O)ccc2c1-c1ccc(-c2nc(OC=O)cs2)cc1. The zero-order chi connectivity index (χ0) is 70.0. The molecular weight excluding hydrogens is 1360 g/mol. The highest BCUT2D eigenvalue weighted by molar-refractivity contribution is 7.22. The summed E-state index contributed by atoms with van der Waals surface area (Å²) in [4.78, 5) is 76.3. The molecule has 0 unspecified atom stereocenters.